The Morgan fingerprint density at radius 2 is 2.00 bits per heavy atom. The molecule has 5 nitrogen and oxygen atoms in total. The molecule has 0 aromatic heterocycles. The molecule has 0 aromatic rings. The summed E-state index contributed by atoms with van der Waals surface area (Å²) in [5, 5.41) is 14.9. The van der Waals surface area contributed by atoms with Gasteiger partial charge in [0, 0.05) is 5.41 Å². The molecule has 3 N–H and O–H groups in total. The lowest BCUT2D eigenvalue weighted by molar-refractivity contribution is -0.144. The average molecular weight is 242 g/mol. The molecule has 1 atom stereocenters. The summed E-state index contributed by atoms with van der Waals surface area (Å²) in [7, 11) is 0. The second-order valence-electron chi connectivity index (χ2n) is 4.96. The Hall–Kier alpha value is -1.10. The molecule has 1 rings (SSSR count). The highest BCUT2D eigenvalue weighted by atomic mass is 16.4. The number of carbonyl (C=O) groups is 2. The minimum Gasteiger partial charge on any atom is -0.480 e. The van der Waals surface area contributed by atoms with Crippen molar-refractivity contribution in [2.75, 3.05) is 13.1 Å². The van der Waals surface area contributed by atoms with Crippen LogP contribution in [0.15, 0.2) is 0 Å². The first kappa shape index (κ1) is 14.0. The van der Waals surface area contributed by atoms with Crippen molar-refractivity contribution >= 4 is 11.9 Å². The first-order valence-corrected chi connectivity index (χ1v) is 6.24. The van der Waals surface area contributed by atoms with E-state index in [4.69, 9.17) is 5.11 Å². The predicted molar refractivity (Wildman–Crippen MR) is 64.7 cm³/mol. The smallest absolute Gasteiger partial charge is 0.326 e. The van der Waals surface area contributed by atoms with Crippen LogP contribution in [-0.2, 0) is 9.59 Å². The van der Waals surface area contributed by atoms with Gasteiger partial charge in [-0.15, -0.1) is 0 Å². The summed E-state index contributed by atoms with van der Waals surface area (Å²) in [6.07, 6.45) is 2.75. The van der Waals surface area contributed by atoms with Crippen LogP contribution >= 0.6 is 0 Å². The summed E-state index contributed by atoms with van der Waals surface area (Å²) in [6, 6.07) is -0.751. The van der Waals surface area contributed by atoms with E-state index in [0.717, 1.165) is 32.4 Å². The summed E-state index contributed by atoms with van der Waals surface area (Å²) in [4.78, 5) is 23.1. The fourth-order valence-corrected chi connectivity index (χ4v) is 2.08. The van der Waals surface area contributed by atoms with Gasteiger partial charge in [0.25, 0.3) is 0 Å². The molecule has 1 fully saturated rings. The zero-order chi connectivity index (χ0) is 12.9. The van der Waals surface area contributed by atoms with E-state index in [9.17, 15) is 9.59 Å². The van der Waals surface area contributed by atoms with Crippen molar-refractivity contribution < 1.29 is 14.7 Å². The van der Waals surface area contributed by atoms with E-state index in [1.807, 2.05) is 13.8 Å². The van der Waals surface area contributed by atoms with E-state index in [-0.39, 0.29) is 5.91 Å². The Morgan fingerprint density at radius 1 is 1.41 bits per heavy atom. The maximum atomic E-state index is 12.1. The second-order valence-corrected chi connectivity index (χ2v) is 4.96. The van der Waals surface area contributed by atoms with Crippen LogP contribution in [0.1, 0.15) is 39.5 Å². The van der Waals surface area contributed by atoms with E-state index < -0.39 is 17.4 Å². The third-order valence-corrected chi connectivity index (χ3v) is 3.44. The van der Waals surface area contributed by atoms with Crippen molar-refractivity contribution in [3.05, 3.63) is 0 Å². The molecule has 1 aliphatic heterocycles. The quantitative estimate of drug-likeness (QED) is 0.664. The van der Waals surface area contributed by atoms with Crippen molar-refractivity contribution in [1.29, 1.82) is 0 Å². The van der Waals surface area contributed by atoms with Crippen LogP contribution in [0.25, 0.3) is 0 Å². The zero-order valence-electron chi connectivity index (χ0n) is 10.6. The molecule has 1 unspecified atom stereocenters. The monoisotopic (exact) mass is 242 g/mol. The molecule has 98 valence electrons. The molecule has 0 spiro atoms. The molecule has 5 heteroatoms. The van der Waals surface area contributed by atoms with Crippen LogP contribution in [-0.4, -0.2) is 36.1 Å². The second kappa shape index (κ2) is 6.00. The molecule has 1 aliphatic rings. The van der Waals surface area contributed by atoms with E-state index in [1.165, 1.54) is 0 Å². The number of nitrogens with one attached hydrogen (secondary N) is 2. The molecule has 1 saturated heterocycles. The normalized spacial score (nSPS) is 20.6. The molecule has 1 heterocycles. The summed E-state index contributed by atoms with van der Waals surface area (Å²) in [5.41, 5.74) is -0.424. The Balaban J connectivity index is 2.59. The number of piperidine rings is 1. The average Bonchev–Trinajstić information content (AvgIpc) is 2.29. The van der Waals surface area contributed by atoms with Crippen molar-refractivity contribution in [2.45, 2.75) is 45.6 Å². The third-order valence-electron chi connectivity index (χ3n) is 3.44. The highest BCUT2D eigenvalue weighted by molar-refractivity contribution is 5.87. The van der Waals surface area contributed by atoms with Gasteiger partial charge in [0.2, 0.25) is 5.91 Å². The minimum atomic E-state index is -0.947. The number of amides is 1. The molecule has 0 bridgehead atoms. The van der Waals surface area contributed by atoms with Gasteiger partial charge in [-0.25, -0.2) is 4.79 Å². The lowest BCUT2D eigenvalue weighted by Crippen LogP contribution is -2.50. The molecular weight excluding hydrogens is 220 g/mol. The van der Waals surface area contributed by atoms with Crippen LogP contribution in [0.5, 0.6) is 0 Å². The van der Waals surface area contributed by atoms with E-state index in [2.05, 4.69) is 10.6 Å². The zero-order valence-corrected chi connectivity index (χ0v) is 10.6. The Bertz CT molecular complexity index is 285. The van der Waals surface area contributed by atoms with Crippen LogP contribution in [0.2, 0.25) is 0 Å². The topological polar surface area (TPSA) is 78.4 Å². The van der Waals surface area contributed by atoms with Gasteiger partial charge in [0.05, 0.1) is 0 Å². The van der Waals surface area contributed by atoms with Crippen molar-refractivity contribution in [1.82, 2.24) is 10.6 Å². The lowest BCUT2D eigenvalue weighted by atomic mass is 9.80. The SMILES string of the molecule is CCCC(NC(=O)C1(C)CCNCC1)C(=O)O. The number of rotatable bonds is 5. The van der Waals surface area contributed by atoms with Gasteiger partial charge in [-0.05, 0) is 32.4 Å². The number of carbonyl (C=O) groups excluding carboxylic acids is 1. The molecule has 0 aliphatic carbocycles. The van der Waals surface area contributed by atoms with Gasteiger partial charge in [0.15, 0.2) is 0 Å². The molecule has 0 aromatic carbocycles. The van der Waals surface area contributed by atoms with Gasteiger partial charge in [-0.2, -0.15) is 0 Å². The van der Waals surface area contributed by atoms with Gasteiger partial charge in [0.1, 0.15) is 6.04 Å². The minimum absolute atomic E-state index is 0.125. The van der Waals surface area contributed by atoms with Crippen LogP contribution < -0.4 is 10.6 Å². The van der Waals surface area contributed by atoms with Crippen LogP contribution in [0.3, 0.4) is 0 Å². The molecule has 0 radical (unpaired) electrons. The van der Waals surface area contributed by atoms with Gasteiger partial charge in [-0.3, -0.25) is 4.79 Å². The number of aliphatic carboxylic acids is 1. The van der Waals surface area contributed by atoms with E-state index in [0.29, 0.717) is 6.42 Å². The van der Waals surface area contributed by atoms with Gasteiger partial charge < -0.3 is 15.7 Å². The van der Waals surface area contributed by atoms with Gasteiger partial charge >= 0.3 is 5.97 Å². The first-order chi connectivity index (χ1) is 7.99. The molecule has 0 saturated carbocycles. The Kier molecular flexibility index (Phi) is 4.93. The number of hydrogen-bond donors (Lipinski definition) is 3. The summed E-state index contributed by atoms with van der Waals surface area (Å²) < 4.78 is 0. The third kappa shape index (κ3) is 3.70. The number of hydrogen-bond acceptors (Lipinski definition) is 3. The summed E-state index contributed by atoms with van der Waals surface area (Å²) in [5.74, 6) is -1.07. The van der Waals surface area contributed by atoms with E-state index >= 15 is 0 Å². The largest absolute Gasteiger partial charge is 0.480 e. The van der Waals surface area contributed by atoms with Crippen LogP contribution in [0, 0.1) is 5.41 Å². The predicted octanol–water partition coefficient (Wildman–Crippen LogP) is 0.746. The fourth-order valence-electron chi connectivity index (χ4n) is 2.08. The standard InChI is InChI=1S/C12H22N2O3/c1-3-4-9(10(15)16)14-11(17)12(2)5-7-13-8-6-12/h9,13H,3-8H2,1-2H3,(H,14,17)(H,15,16). The number of carboxylic acid groups (broad SMARTS) is 1. The van der Waals surface area contributed by atoms with Crippen molar-refractivity contribution in [3.8, 4) is 0 Å². The highest BCUT2D eigenvalue weighted by Gasteiger charge is 2.36. The van der Waals surface area contributed by atoms with Crippen molar-refractivity contribution in [3.63, 3.8) is 0 Å². The molecule has 17 heavy (non-hydrogen) atoms. The van der Waals surface area contributed by atoms with Crippen LogP contribution in [0.4, 0.5) is 0 Å². The maximum absolute atomic E-state index is 12.1. The number of carboxylic acids is 1. The summed E-state index contributed by atoms with van der Waals surface area (Å²) >= 11 is 0. The van der Waals surface area contributed by atoms with E-state index in [1.54, 1.807) is 0 Å². The first-order valence-electron chi connectivity index (χ1n) is 6.24. The van der Waals surface area contributed by atoms with Gasteiger partial charge in [-0.1, -0.05) is 20.3 Å². The summed E-state index contributed by atoms with van der Waals surface area (Å²) in [6.45, 7) is 5.45. The highest BCUT2D eigenvalue weighted by Crippen LogP contribution is 2.28. The van der Waals surface area contributed by atoms with Crippen molar-refractivity contribution in [2.24, 2.45) is 5.41 Å². The Morgan fingerprint density at radius 3 is 2.47 bits per heavy atom. The maximum Gasteiger partial charge on any atom is 0.326 e. The lowest BCUT2D eigenvalue weighted by Gasteiger charge is -2.33. The molecule has 1 amide bonds. The Labute approximate surface area is 102 Å². The molecular formula is C12H22N2O3. The fraction of sp³-hybridized carbons (Fsp3) is 0.833.